The number of fused-ring (bicyclic) bond motifs is 1. The Bertz CT molecular complexity index is 457. The van der Waals surface area contributed by atoms with E-state index in [9.17, 15) is 4.79 Å². The van der Waals surface area contributed by atoms with E-state index < -0.39 is 0 Å². The maximum atomic E-state index is 11.2. The van der Waals surface area contributed by atoms with Crippen LogP contribution in [-0.4, -0.2) is 31.7 Å². The molecule has 0 amide bonds. The van der Waals surface area contributed by atoms with E-state index in [-0.39, 0.29) is 11.5 Å². The third-order valence-corrected chi connectivity index (χ3v) is 3.34. The summed E-state index contributed by atoms with van der Waals surface area (Å²) in [6.45, 7) is 6.19. The first kappa shape index (κ1) is 13.7. The van der Waals surface area contributed by atoms with Crippen molar-refractivity contribution >= 4 is 17.3 Å². The minimum Gasteiger partial charge on any atom is -0.469 e. The van der Waals surface area contributed by atoms with Crippen molar-refractivity contribution in [2.75, 3.05) is 30.4 Å². The van der Waals surface area contributed by atoms with Crippen molar-refractivity contribution < 1.29 is 9.53 Å². The largest absolute Gasteiger partial charge is 0.469 e. The molecule has 1 aliphatic rings. The van der Waals surface area contributed by atoms with Crippen molar-refractivity contribution in [1.82, 2.24) is 0 Å². The third-order valence-electron chi connectivity index (χ3n) is 3.34. The van der Waals surface area contributed by atoms with E-state index in [4.69, 9.17) is 0 Å². The Morgan fingerprint density at radius 1 is 1.42 bits per heavy atom. The third kappa shape index (κ3) is 3.40. The second-order valence-electron chi connectivity index (χ2n) is 5.63. The van der Waals surface area contributed by atoms with Crippen LogP contribution in [0.5, 0.6) is 0 Å². The normalized spacial score (nSPS) is 16.5. The van der Waals surface area contributed by atoms with Gasteiger partial charge in [0, 0.05) is 25.0 Å². The van der Waals surface area contributed by atoms with Gasteiger partial charge in [-0.15, -0.1) is 0 Å². The first-order valence-corrected chi connectivity index (χ1v) is 6.71. The molecule has 1 aromatic rings. The van der Waals surface area contributed by atoms with Gasteiger partial charge in [-0.2, -0.15) is 0 Å². The summed E-state index contributed by atoms with van der Waals surface area (Å²) < 4.78 is 4.68. The molecular formula is C15H22N2O2. The highest BCUT2D eigenvalue weighted by Gasteiger charge is 2.28. The lowest BCUT2D eigenvalue weighted by Gasteiger charge is -2.42. The lowest BCUT2D eigenvalue weighted by Crippen LogP contribution is -2.48. The van der Waals surface area contributed by atoms with Crippen LogP contribution >= 0.6 is 0 Å². The van der Waals surface area contributed by atoms with Crippen LogP contribution in [0.3, 0.4) is 0 Å². The Balaban J connectivity index is 2.05. The molecule has 4 heteroatoms. The lowest BCUT2D eigenvalue weighted by molar-refractivity contribution is -0.140. The number of benzene rings is 1. The average Bonchev–Trinajstić information content (AvgIpc) is 2.37. The van der Waals surface area contributed by atoms with Crippen molar-refractivity contribution in [3.63, 3.8) is 0 Å². The van der Waals surface area contributed by atoms with Crippen LogP contribution in [0.25, 0.3) is 0 Å². The number of hydrogen-bond acceptors (Lipinski definition) is 4. The smallest absolute Gasteiger partial charge is 0.305 e. The zero-order valence-corrected chi connectivity index (χ0v) is 11.9. The Morgan fingerprint density at radius 2 is 2.16 bits per heavy atom. The Morgan fingerprint density at radius 3 is 2.89 bits per heavy atom. The molecule has 19 heavy (non-hydrogen) atoms. The van der Waals surface area contributed by atoms with E-state index >= 15 is 0 Å². The van der Waals surface area contributed by atoms with Crippen LogP contribution in [0.4, 0.5) is 11.4 Å². The van der Waals surface area contributed by atoms with E-state index in [0.717, 1.165) is 25.2 Å². The molecule has 0 bridgehead atoms. The highest BCUT2D eigenvalue weighted by atomic mass is 16.5. The van der Waals surface area contributed by atoms with Crippen LogP contribution in [0.2, 0.25) is 0 Å². The summed E-state index contributed by atoms with van der Waals surface area (Å²) in [5.74, 6) is -0.136. The van der Waals surface area contributed by atoms with Gasteiger partial charge in [-0.25, -0.2) is 0 Å². The summed E-state index contributed by atoms with van der Waals surface area (Å²) in [6.07, 6.45) is 1.29. The Hall–Kier alpha value is -1.71. The summed E-state index contributed by atoms with van der Waals surface area (Å²) in [7, 11) is 1.44. The summed E-state index contributed by atoms with van der Waals surface area (Å²) in [5.41, 5.74) is 2.42. The molecule has 0 radical (unpaired) electrons. The number of esters is 1. The molecule has 1 heterocycles. The predicted octanol–water partition coefficient (Wildman–Crippen LogP) is 2.65. The van der Waals surface area contributed by atoms with Crippen molar-refractivity contribution in [3.8, 4) is 0 Å². The zero-order chi connectivity index (χ0) is 13.9. The minimum atomic E-state index is -0.136. The van der Waals surface area contributed by atoms with Gasteiger partial charge >= 0.3 is 5.97 Å². The van der Waals surface area contributed by atoms with Gasteiger partial charge in [0.2, 0.25) is 0 Å². The topological polar surface area (TPSA) is 41.6 Å². The van der Waals surface area contributed by atoms with Gasteiger partial charge in [0.05, 0.1) is 18.5 Å². The van der Waals surface area contributed by atoms with E-state index in [1.165, 1.54) is 12.8 Å². The van der Waals surface area contributed by atoms with Gasteiger partial charge < -0.3 is 15.0 Å². The molecule has 2 rings (SSSR count). The molecule has 0 unspecified atom stereocenters. The number of nitrogens with one attached hydrogen (secondary N) is 1. The average molecular weight is 262 g/mol. The summed E-state index contributed by atoms with van der Waals surface area (Å²) >= 11 is 0. The first-order chi connectivity index (χ1) is 9.02. The van der Waals surface area contributed by atoms with Gasteiger partial charge in [-0.1, -0.05) is 12.1 Å². The highest BCUT2D eigenvalue weighted by molar-refractivity contribution is 5.73. The monoisotopic (exact) mass is 262 g/mol. The first-order valence-electron chi connectivity index (χ1n) is 6.71. The quantitative estimate of drug-likeness (QED) is 0.847. The summed E-state index contributed by atoms with van der Waals surface area (Å²) in [4.78, 5) is 13.5. The fourth-order valence-electron chi connectivity index (χ4n) is 2.54. The molecule has 0 aromatic heterocycles. The van der Waals surface area contributed by atoms with E-state index in [0.29, 0.717) is 6.42 Å². The van der Waals surface area contributed by atoms with Gasteiger partial charge in [0.15, 0.2) is 0 Å². The highest BCUT2D eigenvalue weighted by Crippen LogP contribution is 2.34. The van der Waals surface area contributed by atoms with E-state index in [1.54, 1.807) is 0 Å². The molecule has 0 aliphatic carbocycles. The number of methoxy groups -OCH3 is 1. The molecular weight excluding hydrogens is 240 g/mol. The SMILES string of the molecule is COC(=O)CCCN1CC(C)(C)Nc2ccccc21. The maximum Gasteiger partial charge on any atom is 0.305 e. The molecule has 1 N–H and O–H groups in total. The standard InChI is InChI=1S/C15H22N2O2/c1-15(2)11-17(10-6-9-14(18)19-3)13-8-5-4-7-12(13)16-15/h4-5,7-8,16H,6,9-11H2,1-3H3. The predicted molar refractivity (Wildman–Crippen MR) is 77.6 cm³/mol. The van der Waals surface area contributed by atoms with E-state index in [1.807, 2.05) is 12.1 Å². The minimum absolute atomic E-state index is 0.0413. The molecule has 0 saturated heterocycles. The van der Waals surface area contributed by atoms with E-state index in [2.05, 4.69) is 40.9 Å². The van der Waals surface area contributed by atoms with Crippen molar-refractivity contribution in [2.45, 2.75) is 32.2 Å². The molecule has 0 spiro atoms. The second kappa shape index (κ2) is 5.51. The Kier molecular flexibility index (Phi) is 3.98. The van der Waals surface area contributed by atoms with Gasteiger partial charge in [0.25, 0.3) is 0 Å². The molecule has 0 fully saturated rings. The summed E-state index contributed by atoms with van der Waals surface area (Å²) in [5, 5.41) is 3.54. The molecule has 1 aliphatic heterocycles. The van der Waals surface area contributed by atoms with Crippen molar-refractivity contribution in [1.29, 1.82) is 0 Å². The van der Waals surface area contributed by atoms with Crippen LogP contribution in [0.1, 0.15) is 26.7 Å². The molecule has 1 aromatic carbocycles. The number of anilines is 2. The number of carbonyl (C=O) groups is 1. The Labute approximate surface area is 114 Å². The number of ether oxygens (including phenoxy) is 1. The zero-order valence-electron chi connectivity index (χ0n) is 11.9. The maximum absolute atomic E-state index is 11.2. The summed E-state index contributed by atoms with van der Waals surface area (Å²) in [6, 6.07) is 8.31. The lowest BCUT2D eigenvalue weighted by atomic mass is 9.99. The fourth-order valence-corrected chi connectivity index (χ4v) is 2.54. The van der Waals surface area contributed by atoms with Crippen LogP contribution < -0.4 is 10.2 Å². The molecule has 4 nitrogen and oxygen atoms in total. The second-order valence-corrected chi connectivity index (χ2v) is 5.63. The molecule has 0 atom stereocenters. The van der Waals surface area contributed by atoms with Crippen LogP contribution in [0.15, 0.2) is 24.3 Å². The van der Waals surface area contributed by atoms with Crippen LogP contribution in [-0.2, 0) is 9.53 Å². The number of para-hydroxylation sites is 2. The number of hydrogen-bond donors (Lipinski definition) is 1. The molecule has 0 saturated carbocycles. The van der Waals surface area contributed by atoms with Gasteiger partial charge in [0.1, 0.15) is 0 Å². The van der Waals surface area contributed by atoms with Crippen molar-refractivity contribution in [3.05, 3.63) is 24.3 Å². The number of carbonyl (C=O) groups excluding carboxylic acids is 1. The van der Waals surface area contributed by atoms with Gasteiger partial charge in [-0.05, 0) is 32.4 Å². The molecule has 104 valence electrons. The van der Waals surface area contributed by atoms with Gasteiger partial charge in [-0.3, -0.25) is 4.79 Å². The van der Waals surface area contributed by atoms with Crippen molar-refractivity contribution in [2.24, 2.45) is 0 Å². The fraction of sp³-hybridized carbons (Fsp3) is 0.533. The number of rotatable bonds is 4. The number of nitrogens with zero attached hydrogens (tertiary/aromatic N) is 1. The van der Waals surface area contributed by atoms with Crippen LogP contribution in [0, 0.1) is 0 Å².